The van der Waals surface area contributed by atoms with Gasteiger partial charge in [0.15, 0.2) is 16.6 Å². The number of fused-ring (bicyclic) bond motifs is 1. The van der Waals surface area contributed by atoms with Gasteiger partial charge in [-0.25, -0.2) is 9.78 Å². The maximum Gasteiger partial charge on any atom is 0.350 e. The van der Waals surface area contributed by atoms with E-state index < -0.39 is 23.7 Å². The number of methoxy groups -OCH3 is 1. The molecule has 2 aromatic carbocycles. The number of benzene rings is 2. The van der Waals surface area contributed by atoms with Gasteiger partial charge in [-0.2, -0.15) is 0 Å². The van der Waals surface area contributed by atoms with E-state index in [4.69, 9.17) is 18.9 Å². The summed E-state index contributed by atoms with van der Waals surface area (Å²) in [4.78, 5) is 45.3. The lowest BCUT2D eigenvalue weighted by atomic mass is 9.95. The second-order valence-corrected chi connectivity index (χ2v) is 10.5. The number of hydrogen-bond donors (Lipinski definition) is 1. The summed E-state index contributed by atoms with van der Waals surface area (Å²) in [5, 5.41) is 11.7. The molecule has 0 bridgehead atoms. The Morgan fingerprint density at radius 2 is 1.90 bits per heavy atom. The van der Waals surface area contributed by atoms with E-state index in [1.54, 1.807) is 49.4 Å². The fourth-order valence-electron chi connectivity index (χ4n) is 4.78. The normalized spacial score (nSPS) is 17.5. The molecule has 3 aromatic rings. The van der Waals surface area contributed by atoms with Crippen molar-refractivity contribution in [2.75, 3.05) is 31.8 Å². The highest BCUT2D eigenvalue weighted by atomic mass is 32.1. The first-order valence-electron chi connectivity index (χ1n) is 13.3. The summed E-state index contributed by atoms with van der Waals surface area (Å²) < 4.78 is 22.0. The van der Waals surface area contributed by atoms with Gasteiger partial charge in [0.25, 0.3) is 5.78 Å². The van der Waals surface area contributed by atoms with Gasteiger partial charge in [-0.1, -0.05) is 43.2 Å². The molecule has 1 aromatic heterocycles. The quantitative estimate of drug-likeness (QED) is 0.120. The van der Waals surface area contributed by atoms with Crippen LogP contribution in [0, 0.1) is 6.92 Å². The van der Waals surface area contributed by atoms with Crippen LogP contribution in [0.3, 0.4) is 0 Å². The molecule has 1 saturated heterocycles. The first-order chi connectivity index (χ1) is 19.8. The van der Waals surface area contributed by atoms with Gasteiger partial charge in [-0.15, -0.1) is 0 Å². The lowest BCUT2D eigenvalue weighted by Gasteiger charge is -2.24. The molecule has 41 heavy (non-hydrogen) atoms. The molecule has 2 aliphatic heterocycles. The number of aliphatic hydroxyl groups excluding tert-OH is 1. The Bertz CT molecular complexity index is 1530. The Morgan fingerprint density at radius 1 is 1.12 bits per heavy atom. The van der Waals surface area contributed by atoms with Crippen molar-refractivity contribution in [3.05, 3.63) is 69.7 Å². The van der Waals surface area contributed by atoms with Crippen molar-refractivity contribution in [2.24, 2.45) is 0 Å². The number of thiazole rings is 1. The molecular weight excluding hydrogens is 548 g/mol. The third-order valence-corrected chi connectivity index (χ3v) is 7.95. The number of nitrogens with zero attached hydrogens (tertiary/aromatic N) is 2. The van der Waals surface area contributed by atoms with Crippen LogP contribution in [0.25, 0.3) is 5.76 Å². The Balaban J connectivity index is 1.63. The number of anilines is 1. The van der Waals surface area contributed by atoms with Crippen LogP contribution >= 0.6 is 11.3 Å². The number of hydrogen-bond acceptors (Lipinski definition) is 10. The zero-order chi connectivity index (χ0) is 29.1. The molecule has 0 saturated carbocycles. The number of carbonyl (C=O) groups is 3. The second kappa shape index (κ2) is 12.0. The molecule has 214 valence electrons. The molecule has 1 amide bonds. The van der Waals surface area contributed by atoms with Crippen LogP contribution in [-0.2, 0) is 14.3 Å². The average molecular weight is 579 g/mol. The van der Waals surface area contributed by atoms with E-state index >= 15 is 0 Å². The molecule has 5 rings (SSSR count). The number of aryl methyl sites for hydroxylation is 1. The molecule has 11 heteroatoms. The number of aromatic nitrogens is 1. The van der Waals surface area contributed by atoms with E-state index in [-0.39, 0.29) is 26.9 Å². The molecule has 1 fully saturated rings. The Hall–Kier alpha value is -4.38. The van der Waals surface area contributed by atoms with E-state index in [1.807, 2.05) is 0 Å². The van der Waals surface area contributed by atoms with Crippen LogP contribution in [0.4, 0.5) is 5.13 Å². The van der Waals surface area contributed by atoms with Crippen LogP contribution in [0.2, 0.25) is 0 Å². The van der Waals surface area contributed by atoms with Gasteiger partial charge in [0.05, 0.1) is 31.0 Å². The van der Waals surface area contributed by atoms with E-state index in [2.05, 4.69) is 11.9 Å². The Labute approximate surface area is 241 Å². The summed E-state index contributed by atoms with van der Waals surface area (Å²) in [5.41, 5.74) is 1.05. The summed E-state index contributed by atoms with van der Waals surface area (Å²) in [7, 11) is 1.26. The molecule has 1 atom stereocenters. The Morgan fingerprint density at radius 3 is 2.66 bits per heavy atom. The fourth-order valence-corrected chi connectivity index (χ4v) is 5.79. The molecular formula is C30H30N2O8S. The minimum atomic E-state index is -1.04. The number of amides is 1. The van der Waals surface area contributed by atoms with E-state index in [0.717, 1.165) is 30.6 Å². The molecule has 0 radical (unpaired) electrons. The maximum absolute atomic E-state index is 13.6. The lowest BCUT2D eigenvalue weighted by molar-refractivity contribution is -0.132. The number of ether oxygens (including phenoxy) is 4. The predicted octanol–water partition coefficient (Wildman–Crippen LogP) is 5.20. The van der Waals surface area contributed by atoms with Crippen molar-refractivity contribution in [3.8, 4) is 17.2 Å². The highest BCUT2D eigenvalue weighted by Gasteiger charge is 2.48. The maximum atomic E-state index is 13.6. The van der Waals surface area contributed by atoms with Crippen LogP contribution in [0.5, 0.6) is 17.2 Å². The van der Waals surface area contributed by atoms with Crippen molar-refractivity contribution >= 4 is 39.9 Å². The summed E-state index contributed by atoms with van der Waals surface area (Å²) in [6, 6.07) is 10.8. The molecule has 0 spiro atoms. The van der Waals surface area contributed by atoms with E-state index in [1.165, 1.54) is 12.0 Å². The molecule has 2 aliphatic rings. The van der Waals surface area contributed by atoms with Crippen molar-refractivity contribution in [2.45, 2.75) is 39.2 Å². The minimum absolute atomic E-state index is 0.123. The van der Waals surface area contributed by atoms with Gasteiger partial charge in [-0.3, -0.25) is 14.5 Å². The monoisotopic (exact) mass is 578 g/mol. The van der Waals surface area contributed by atoms with Gasteiger partial charge in [-0.05, 0) is 49.2 Å². The topological polar surface area (TPSA) is 124 Å². The number of rotatable bonds is 9. The molecule has 10 nitrogen and oxygen atoms in total. The zero-order valence-corrected chi connectivity index (χ0v) is 23.8. The van der Waals surface area contributed by atoms with Crippen molar-refractivity contribution in [1.82, 2.24) is 4.98 Å². The largest absolute Gasteiger partial charge is 0.507 e. The van der Waals surface area contributed by atoms with Crippen LogP contribution in [-0.4, -0.2) is 54.7 Å². The molecule has 0 aliphatic carbocycles. The van der Waals surface area contributed by atoms with Crippen molar-refractivity contribution in [3.63, 3.8) is 0 Å². The summed E-state index contributed by atoms with van der Waals surface area (Å²) in [6.07, 6.45) is 2.97. The van der Waals surface area contributed by atoms with E-state index in [9.17, 15) is 19.5 Å². The highest BCUT2D eigenvalue weighted by Crippen LogP contribution is 2.45. The number of Topliss-reactive ketones (excluding diaryl/α,β-unsaturated/α-hetero) is 1. The number of ketones is 1. The summed E-state index contributed by atoms with van der Waals surface area (Å²) in [6.45, 7) is 5.00. The molecule has 3 heterocycles. The second-order valence-electron chi connectivity index (χ2n) is 9.56. The van der Waals surface area contributed by atoms with Gasteiger partial charge >= 0.3 is 11.9 Å². The number of aliphatic hydroxyl groups is 1. The van der Waals surface area contributed by atoms with Crippen LogP contribution in [0.1, 0.15) is 58.7 Å². The third-order valence-electron chi connectivity index (χ3n) is 6.81. The van der Waals surface area contributed by atoms with Gasteiger partial charge in [0.1, 0.15) is 29.6 Å². The number of esters is 1. The van der Waals surface area contributed by atoms with Gasteiger partial charge in [0.2, 0.25) is 0 Å². The highest BCUT2D eigenvalue weighted by molar-refractivity contribution is 7.17. The van der Waals surface area contributed by atoms with E-state index in [0.29, 0.717) is 48.3 Å². The SMILES string of the molecule is CCCCCOc1cccc(C2/C(=C(/O)c3ccc4c(c3)OCCO4)C(=O)C(=O)N2c2nc(C)c(C(=O)OC)s2)c1. The van der Waals surface area contributed by atoms with Gasteiger partial charge < -0.3 is 24.1 Å². The predicted molar refractivity (Wildman–Crippen MR) is 152 cm³/mol. The first kappa shape index (κ1) is 28.2. The summed E-state index contributed by atoms with van der Waals surface area (Å²) in [5.74, 6) is -1.23. The minimum Gasteiger partial charge on any atom is -0.507 e. The Kier molecular flexibility index (Phi) is 8.25. The van der Waals surface area contributed by atoms with Gasteiger partial charge in [0, 0.05) is 5.56 Å². The van der Waals surface area contributed by atoms with Crippen molar-refractivity contribution in [1.29, 1.82) is 0 Å². The lowest BCUT2D eigenvalue weighted by Crippen LogP contribution is -2.29. The number of carbonyl (C=O) groups excluding carboxylic acids is 3. The number of unbranched alkanes of at least 4 members (excludes halogenated alkanes) is 2. The smallest absolute Gasteiger partial charge is 0.350 e. The standard InChI is InChI=1S/C30H30N2O8S/c1-4-5-6-12-38-20-9-7-8-18(15-20)24-23(25(33)19-10-11-21-22(16-19)40-14-13-39-21)26(34)28(35)32(24)30-31-17(2)27(41-30)29(36)37-3/h7-11,15-16,24,33H,4-6,12-14H2,1-3H3/b25-23-. The first-order valence-corrected chi connectivity index (χ1v) is 14.1. The average Bonchev–Trinajstić information content (AvgIpc) is 3.50. The van der Waals surface area contributed by atoms with Crippen LogP contribution in [0.15, 0.2) is 48.0 Å². The van der Waals surface area contributed by atoms with Crippen molar-refractivity contribution < 1.29 is 38.4 Å². The third kappa shape index (κ3) is 5.49. The summed E-state index contributed by atoms with van der Waals surface area (Å²) >= 11 is 0.941. The zero-order valence-electron chi connectivity index (χ0n) is 23.0. The molecule has 1 unspecified atom stereocenters. The molecule has 1 N–H and O–H groups in total. The fraction of sp³-hybridized carbons (Fsp3) is 0.333. The van der Waals surface area contributed by atoms with Crippen LogP contribution < -0.4 is 19.1 Å².